The number of hydrogen-bond donors (Lipinski definition) is 2. The van der Waals surface area contributed by atoms with E-state index >= 15 is 0 Å². The number of aryl methyl sites for hydroxylation is 1. The highest BCUT2D eigenvalue weighted by molar-refractivity contribution is 8.14. The molecule has 1 heterocycles. The highest BCUT2D eigenvalue weighted by Gasteiger charge is 2.02. The number of rotatable bonds is 2. The topological polar surface area (TPSA) is 48.8 Å². The van der Waals surface area contributed by atoms with Crippen LogP contribution in [0.4, 0.5) is 5.82 Å². The van der Waals surface area contributed by atoms with Gasteiger partial charge in [-0.05, 0) is 19.1 Å². The van der Waals surface area contributed by atoms with E-state index < -0.39 is 0 Å². The Balaban J connectivity index is 2.56. The first-order valence-electron chi connectivity index (χ1n) is 4.54. The van der Waals surface area contributed by atoms with Crippen LogP contribution in [0.1, 0.15) is 19.5 Å². The number of aromatic nitrogens is 1. The zero-order valence-corrected chi connectivity index (χ0v) is 9.48. The number of thioether (sulfide) groups is 1. The highest BCUT2D eigenvalue weighted by Crippen LogP contribution is 2.13. The molecule has 76 valence electrons. The van der Waals surface area contributed by atoms with Crippen molar-refractivity contribution in [2.45, 2.75) is 26.0 Å². The summed E-state index contributed by atoms with van der Waals surface area (Å²) in [5.74, 6) is 0.739. The highest BCUT2D eigenvalue weighted by atomic mass is 32.2. The average Bonchev–Trinajstić information content (AvgIpc) is 2.01. The van der Waals surface area contributed by atoms with Gasteiger partial charge in [-0.15, -0.1) is 0 Å². The third-order valence-corrected chi connectivity index (χ3v) is 2.29. The third kappa shape index (κ3) is 3.79. The molecule has 1 rings (SSSR count). The van der Waals surface area contributed by atoms with E-state index in [2.05, 4.69) is 24.1 Å². The van der Waals surface area contributed by atoms with Gasteiger partial charge in [-0.2, -0.15) is 0 Å². The maximum absolute atomic E-state index is 7.64. The fourth-order valence-corrected chi connectivity index (χ4v) is 1.63. The van der Waals surface area contributed by atoms with Gasteiger partial charge in [0.25, 0.3) is 0 Å². The minimum absolute atomic E-state index is 0.416. The van der Waals surface area contributed by atoms with E-state index in [0.29, 0.717) is 10.4 Å². The molecule has 4 heteroatoms. The summed E-state index contributed by atoms with van der Waals surface area (Å²) in [4.78, 5) is 4.26. The standard InChI is InChI=1S/C10H15N3S/c1-7(2)14-10(11)13-9-6-4-5-8(3)12-9/h4-7H,1-3H3,(H2,11,12,13). The maximum atomic E-state index is 7.64. The Morgan fingerprint density at radius 1 is 1.50 bits per heavy atom. The molecule has 0 unspecified atom stereocenters. The van der Waals surface area contributed by atoms with Gasteiger partial charge in [0.1, 0.15) is 5.82 Å². The first-order chi connectivity index (χ1) is 6.58. The van der Waals surface area contributed by atoms with Crippen molar-refractivity contribution in [3.05, 3.63) is 23.9 Å². The molecule has 0 fully saturated rings. The van der Waals surface area contributed by atoms with E-state index in [1.807, 2.05) is 25.1 Å². The second-order valence-corrected chi connectivity index (χ2v) is 4.87. The fourth-order valence-electron chi connectivity index (χ4n) is 0.994. The molecule has 0 aliphatic heterocycles. The molecule has 0 aromatic carbocycles. The lowest BCUT2D eigenvalue weighted by Crippen LogP contribution is -2.10. The van der Waals surface area contributed by atoms with Crippen LogP contribution in [0, 0.1) is 12.3 Å². The summed E-state index contributed by atoms with van der Waals surface area (Å²) in [6.45, 7) is 6.06. The SMILES string of the molecule is Cc1cccc(NC(=N)SC(C)C)n1. The minimum atomic E-state index is 0.416. The van der Waals surface area contributed by atoms with Gasteiger partial charge >= 0.3 is 0 Å². The Hall–Kier alpha value is -1.03. The van der Waals surface area contributed by atoms with Crippen LogP contribution in [-0.2, 0) is 0 Å². The Kier molecular flexibility index (Phi) is 3.95. The summed E-state index contributed by atoms with van der Waals surface area (Å²) in [7, 11) is 0. The molecule has 2 N–H and O–H groups in total. The maximum Gasteiger partial charge on any atom is 0.159 e. The summed E-state index contributed by atoms with van der Waals surface area (Å²) >= 11 is 1.49. The van der Waals surface area contributed by atoms with Crippen molar-refractivity contribution in [2.75, 3.05) is 5.32 Å². The molecule has 0 radical (unpaired) electrons. The van der Waals surface area contributed by atoms with Crippen molar-refractivity contribution in [2.24, 2.45) is 0 Å². The van der Waals surface area contributed by atoms with Gasteiger partial charge in [0.05, 0.1) is 0 Å². The summed E-state index contributed by atoms with van der Waals surface area (Å²) in [6.07, 6.45) is 0. The van der Waals surface area contributed by atoms with Crippen LogP contribution in [0.3, 0.4) is 0 Å². The van der Waals surface area contributed by atoms with E-state index in [4.69, 9.17) is 5.41 Å². The van der Waals surface area contributed by atoms with Gasteiger partial charge in [-0.3, -0.25) is 5.41 Å². The minimum Gasteiger partial charge on any atom is -0.320 e. The molecular weight excluding hydrogens is 194 g/mol. The number of pyridine rings is 1. The second-order valence-electron chi connectivity index (χ2n) is 3.28. The fraction of sp³-hybridized carbons (Fsp3) is 0.400. The van der Waals surface area contributed by atoms with Gasteiger partial charge in [-0.25, -0.2) is 4.98 Å². The average molecular weight is 209 g/mol. The first-order valence-corrected chi connectivity index (χ1v) is 5.42. The molecule has 0 amide bonds. The number of nitrogens with one attached hydrogen (secondary N) is 2. The van der Waals surface area contributed by atoms with Gasteiger partial charge in [0.15, 0.2) is 5.17 Å². The zero-order chi connectivity index (χ0) is 10.6. The molecule has 0 aliphatic carbocycles. The molecule has 0 saturated carbocycles. The molecule has 0 bridgehead atoms. The van der Waals surface area contributed by atoms with E-state index in [1.54, 1.807) is 0 Å². The molecule has 0 spiro atoms. The summed E-state index contributed by atoms with van der Waals surface area (Å²) in [6, 6.07) is 5.73. The van der Waals surface area contributed by atoms with Crippen LogP contribution in [0.2, 0.25) is 0 Å². The van der Waals surface area contributed by atoms with Gasteiger partial charge in [0, 0.05) is 10.9 Å². The van der Waals surface area contributed by atoms with Crippen LogP contribution < -0.4 is 5.32 Å². The molecule has 1 aromatic heterocycles. The molecular formula is C10H15N3S. The lowest BCUT2D eigenvalue weighted by Gasteiger charge is -2.08. The summed E-state index contributed by atoms with van der Waals surface area (Å²) in [5.41, 5.74) is 0.956. The van der Waals surface area contributed by atoms with Crippen molar-refractivity contribution in [3.8, 4) is 0 Å². The molecule has 14 heavy (non-hydrogen) atoms. The van der Waals surface area contributed by atoms with Crippen molar-refractivity contribution in [1.82, 2.24) is 4.98 Å². The molecule has 1 aromatic rings. The Morgan fingerprint density at radius 2 is 2.21 bits per heavy atom. The van der Waals surface area contributed by atoms with Gasteiger partial charge in [-0.1, -0.05) is 31.7 Å². The largest absolute Gasteiger partial charge is 0.320 e. The van der Waals surface area contributed by atoms with E-state index in [0.717, 1.165) is 11.5 Å². The normalized spacial score (nSPS) is 10.3. The van der Waals surface area contributed by atoms with Crippen molar-refractivity contribution < 1.29 is 0 Å². The summed E-state index contributed by atoms with van der Waals surface area (Å²) < 4.78 is 0. The van der Waals surface area contributed by atoms with Crippen molar-refractivity contribution in [1.29, 1.82) is 5.41 Å². The van der Waals surface area contributed by atoms with E-state index in [1.165, 1.54) is 11.8 Å². The molecule has 0 saturated heterocycles. The molecule has 3 nitrogen and oxygen atoms in total. The van der Waals surface area contributed by atoms with E-state index in [-0.39, 0.29) is 0 Å². The van der Waals surface area contributed by atoms with Crippen molar-refractivity contribution >= 4 is 22.7 Å². The lowest BCUT2D eigenvalue weighted by molar-refractivity contribution is 1.12. The Labute approximate surface area is 88.8 Å². The monoisotopic (exact) mass is 209 g/mol. The number of nitrogens with zero attached hydrogens (tertiary/aromatic N) is 1. The predicted octanol–water partition coefficient (Wildman–Crippen LogP) is 2.88. The van der Waals surface area contributed by atoms with Crippen molar-refractivity contribution in [3.63, 3.8) is 0 Å². The first kappa shape index (κ1) is 11.0. The third-order valence-electron chi connectivity index (χ3n) is 1.48. The predicted molar refractivity (Wildman–Crippen MR) is 63.1 cm³/mol. The number of hydrogen-bond acceptors (Lipinski definition) is 3. The van der Waals surface area contributed by atoms with E-state index in [9.17, 15) is 0 Å². The van der Waals surface area contributed by atoms with Crippen LogP contribution in [0.25, 0.3) is 0 Å². The van der Waals surface area contributed by atoms with Gasteiger partial charge < -0.3 is 5.32 Å². The van der Waals surface area contributed by atoms with Crippen LogP contribution >= 0.6 is 11.8 Å². The smallest absolute Gasteiger partial charge is 0.159 e. The van der Waals surface area contributed by atoms with Crippen LogP contribution in [0.15, 0.2) is 18.2 Å². The van der Waals surface area contributed by atoms with Gasteiger partial charge in [0.2, 0.25) is 0 Å². The lowest BCUT2D eigenvalue weighted by atomic mass is 10.4. The quantitative estimate of drug-likeness (QED) is 0.581. The number of anilines is 1. The molecule has 0 aliphatic rings. The second kappa shape index (κ2) is 5.00. The number of amidine groups is 1. The zero-order valence-electron chi connectivity index (χ0n) is 8.66. The van der Waals surface area contributed by atoms with Crippen LogP contribution in [0.5, 0.6) is 0 Å². The Bertz CT molecular complexity index is 323. The Morgan fingerprint density at radius 3 is 2.79 bits per heavy atom. The molecule has 0 atom stereocenters. The summed E-state index contributed by atoms with van der Waals surface area (Å²) in [5, 5.41) is 11.4. The van der Waals surface area contributed by atoms with Crippen LogP contribution in [-0.4, -0.2) is 15.4 Å².